The first-order chi connectivity index (χ1) is 7.95. The first-order valence-corrected chi connectivity index (χ1v) is 5.83. The second-order valence-electron chi connectivity index (χ2n) is 5.17. The fraction of sp³-hybridized carbons (Fsp3) is 0.571. The normalized spacial score (nSPS) is 13.3. The fourth-order valence-electron chi connectivity index (χ4n) is 2.19. The molecule has 17 heavy (non-hydrogen) atoms. The molecule has 1 aromatic rings. The van der Waals surface area contributed by atoms with Gasteiger partial charge in [-0.1, -0.05) is 32.9 Å². The largest absolute Gasteiger partial charge is 0.493 e. The monoisotopic (exact) mass is 237 g/mol. The second kappa shape index (κ2) is 5.41. The molecular weight excluding hydrogens is 214 g/mol. The van der Waals surface area contributed by atoms with Gasteiger partial charge in [0.05, 0.1) is 14.2 Å². The molecule has 3 nitrogen and oxygen atoms in total. The van der Waals surface area contributed by atoms with E-state index in [-0.39, 0.29) is 11.5 Å². The van der Waals surface area contributed by atoms with Crippen LogP contribution in [0.1, 0.15) is 32.4 Å². The van der Waals surface area contributed by atoms with Gasteiger partial charge in [-0.2, -0.15) is 0 Å². The number of hydrogen-bond acceptors (Lipinski definition) is 3. The van der Waals surface area contributed by atoms with E-state index >= 15 is 0 Å². The third kappa shape index (κ3) is 2.91. The smallest absolute Gasteiger partial charge is 0.165 e. The Labute approximate surface area is 104 Å². The lowest BCUT2D eigenvalue weighted by Crippen LogP contribution is -2.30. The molecule has 0 aliphatic rings. The molecule has 0 saturated heterocycles. The van der Waals surface area contributed by atoms with Crippen LogP contribution in [0.3, 0.4) is 0 Å². The minimum atomic E-state index is 0.106. The summed E-state index contributed by atoms with van der Waals surface area (Å²) >= 11 is 0. The maximum Gasteiger partial charge on any atom is 0.165 e. The van der Waals surface area contributed by atoms with Crippen LogP contribution < -0.4 is 14.8 Å². The zero-order chi connectivity index (χ0) is 13.1. The van der Waals surface area contributed by atoms with Crippen LogP contribution in [0, 0.1) is 5.41 Å². The second-order valence-corrected chi connectivity index (χ2v) is 5.17. The minimum Gasteiger partial charge on any atom is -0.493 e. The van der Waals surface area contributed by atoms with E-state index in [1.807, 2.05) is 19.2 Å². The molecule has 0 amide bonds. The predicted molar refractivity (Wildman–Crippen MR) is 70.8 cm³/mol. The van der Waals surface area contributed by atoms with Gasteiger partial charge in [-0.05, 0) is 18.5 Å². The zero-order valence-electron chi connectivity index (χ0n) is 11.6. The Morgan fingerprint density at radius 2 is 1.76 bits per heavy atom. The van der Waals surface area contributed by atoms with E-state index in [4.69, 9.17) is 9.47 Å². The summed E-state index contributed by atoms with van der Waals surface area (Å²) in [6.07, 6.45) is 0. The highest BCUT2D eigenvalue weighted by molar-refractivity contribution is 5.48. The van der Waals surface area contributed by atoms with Gasteiger partial charge in [0.15, 0.2) is 11.5 Å². The molecular formula is C14H23NO2. The summed E-state index contributed by atoms with van der Waals surface area (Å²) < 4.78 is 10.8. The molecule has 3 heteroatoms. The Balaban J connectivity index is 3.29. The third-order valence-electron chi connectivity index (χ3n) is 2.90. The number of para-hydroxylation sites is 1. The van der Waals surface area contributed by atoms with Crippen molar-refractivity contribution in [2.75, 3.05) is 21.3 Å². The van der Waals surface area contributed by atoms with Crippen molar-refractivity contribution in [1.82, 2.24) is 5.32 Å². The lowest BCUT2D eigenvalue weighted by molar-refractivity contribution is 0.273. The summed E-state index contributed by atoms with van der Waals surface area (Å²) in [7, 11) is 5.30. The molecule has 0 heterocycles. The first kappa shape index (κ1) is 13.8. The molecule has 0 radical (unpaired) electrons. The number of rotatable bonds is 4. The van der Waals surface area contributed by atoms with Crippen molar-refractivity contribution < 1.29 is 9.47 Å². The van der Waals surface area contributed by atoms with Gasteiger partial charge in [0.1, 0.15) is 0 Å². The Hall–Kier alpha value is -1.22. The van der Waals surface area contributed by atoms with Crippen molar-refractivity contribution in [1.29, 1.82) is 0 Å². The van der Waals surface area contributed by atoms with Crippen LogP contribution in [-0.2, 0) is 0 Å². The SMILES string of the molecule is CNC(c1cccc(OC)c1OC)C(C)(C)C. The quantitative estimate of drug-likeness (QED) is 0.873. The van der Waals surface area contributed by atoms with E-state index in [0.717, 1.165) is 17.1 Å². The Morgan fingerprint density at radius 3 is 2.18 bits per heavy atom. The molecule has 0 bridgehead atoms. The maximum atomic E-state index is 5.48. The van der Waals surface area contributed by atoms with Gasteiger partial charge < -0.3 is 14.8 Å². The van der Waals surface area contributed by atoms with Crippen LogP contribution >= 0.6 is 0 Å². The maximum absolute atomic E-state index is 5.48. The number of benzene rings is 1. The first-order valence-electron chi connectivity index (χ1n) is 5.83. The lowest BCUT2D eigenvalue weighted by Gasteiger charge is -2.32. The number of nitrogens with one attached hydrogen (secondary N) is 1. The van der Waals surface area contributed by atoms with Crippen LogP contribution in [0.25, 0.3) is 0 Å². The van der Waals surface area contributed by atoms with E-state index in [1.54, 1.807) is 14.2 Å². The predicted octanol–water partition coefficient (Wildman–Crippen LogP) is 3.01. The van der Waals surface area contributed by atoms with E-state index in [2.05, 4.69) is 32.2 Å². The molecule has 1 N–H and O–H groups in total. The summed E-state index contributed by atoms with van der Waals surface area (Å²) in [5, 5.41) is 3.35. The highest BCUT2D eigenvalue weighted by atomic mass is 16.5. The molecule has 0 aliphatic carbocycles. The summed E-state index contributed by atoms with van der Waals surface area (Å²) in [6.45, 7) is 6.60. The molecule has 0 fully saturated rings. The summed E-state index contributed by atoms with van der Waals surface area (Å²) in [5.41, 5.74) is 1.23. The van der Waals surface area contributed by atoms with Crippen LogP contribution in [0.5, 0.6) is 11.5 Å². The molecule has 0 spiro atoms. The van der Waals surface area contributed by atoms with Crippen molar-refractivity contribution in [2.45, 2.75) is 26.8 Å². The minimum absolute atomic E-state index is 0.106. The molecule has 1 unspecified atom stereocenters. The van der Waals surface area contributed by atoms with Crippen molar-refractivity contribution in [3.05, 3.63) is 23.8 Å². The fourth-order valence-corrected chi connectivity index (χ4v) is 2.19. The summed E-state index contributed by atoms with van der Waals surface area (Å²) in [4.78, 5) is 0. The Morgan fingerprint density at radius 1 is 1.12 bits per heavy atom. The average molecular weight is 237 g/mol. The van der Waals surface area contributed by atoms with Crippen molar-refractivity contribution in [3.63, 3.8) is 0 Å². The average Bonchev–Trinajstić information content (AvgIpc) is 2.27. The third-order valence-corrected chi connectivity index (χ3v) is 2.90. The molecule has 1 atom stereocenters. The van der Waals surface area contributed by atoms with Crippen LogP contribution in [0.2, 0.25) is 0 Å². The molecule has 1 rings (SSSR count). The lowest BCUT2D eigenvalue weighted by atomic mass is 9.82. The summed E-state index contributed by atoms with van der Waals surface area (Å²) in [5.74, 6) is 1.58. The number of ether oxygens (including phenoxy) is 2. The van der Waals surface area contributed by atoms with E-state index in [0.29, 0.717) is 0 Å². The van der Waals surface area contributed by atoms with E-state index in [1.165, 1.54) is 0 Å². The number of hydrogen-bond donors (Lipinski definition) is 1. The standard InChI is InChI=1S/C14H23NO2/c1-14(2,3)13(15-4)10-8-7-9-11(16-5)12(10)17-6/h7-9,13,15H,1-6H3. The van der Waals surface area contributed by atoms with Gasteiger partial charge in [-0.25, -0.2) is 0 Å². The van der Waals surface area contributed by atoms with Crippen LogP contribution in [-0.4, -0.2) is 21.3 Å². The van der Waals surface area contributed by atoms with E-state index in [9.17, 15) is 0 Å². The zero-order valence-corrected chi connectivity index (χ0v) is 11.6. The topological polar surface area (TPSA) is 30.5 Å². The van der Waals surface area contributed by atoms with Crippen LogP contribution in [0.4, 0.5) is 0 Å². The van der Waals surface area contributed by atoms with Crippen molar-refractivity contribution in [2.24, 2.45) is 5.41 Å². The molecule has 0 saturated carbocycles. The van der Waals surface area contributed by atoms with Gasteiger partial charge in [-0.3, -0.25) is 0 Å². The molecule has 0 aromatic heterocycles. The molecule has 0 aliphatic heterocycles. The van der Waals surface area contributed by atoms with Gasteiger partial charge in [-0.15, -0.1) is 0 Å². The Bertz CT molecular complexity index is 369. The van der Waals surface area contributed by atoms with E-state index < -0.39 is 0 Å². The van der Waals surface area contributed by atoms with Crippen LogP contribution in [0.15, 0.2) is 18.2 Å². The highest BCUT2D eigenvalue weighted by Gasteiger charge is 2.28. The van der Waals surface area contributed by atoms with Gasteiger partial charge in [0, 0.05) is 11.6 Å². The van der Waals surface area contributed by atoms with Crippen molar-refractivity contribution >= 4 is 0 Å². The Kier molecular flexibility index (Phi) is 4.40. The van der Waals surface area contributed by atoms with Gasteiger partial charge >= 0.3 is 0 Å². The van der Waals surface area contributed by atoms with Gasteiger partial charge in [0.25, 0.3) is 0 Å². The van der Waals surface area contributed by atoms with Crippen molar-refractivity contribution in [3.8, 4) is 11.5 Å². The molecule has 1 aromatic carbocycles. The highest BCUT2D eigenvalue weighted by Crippen LogP contribution is 2.41. The summed E-state index contributed by atoms with van der Waals surface area (Å²) in [6, 6.07) is 6.20. The van der Waals surface area contributed by atoms with Gasteiger partial charge in [0.2, 0.25) is 0 Å². The molecule has 96 valence electrons. The number of methoxy groups -OCH3 is 2.